The van der Waals surface area contributed by atoms with Gasteiger partial charge in [-0.25, -0.2) is 13.6 Å². The van der Waals surface area contributed by atoms with Crippen LogP contribution in [-0.4, -0.2) is 32.4 Å². The summed E-state index contributed by atoms with van der Waals surface area (Å²) in [6.07, 6.45) is 4.87. The molecule has 3 heterocycles. The average molecular weight is 446 g/mol. The van der Waals surface area contributed by atoms with Gasteiger partial charge in [0.1, 0.15) is 24.8 Å². The minimum Gasteiger partial charge on any atom is -0.489 e. The van der Waals surface area contributed by atoms with Crippen molar-refractivity contribution >= 4 is 21.9 Å². The lowest BCUT2D eigenvalue weighted by atomic mass is 10.0. The molecule has 0 spiro atoms. The van der Waals surface area contributed by atoms with Gasteiger partial charge in [-0.3, -0.25) is 19.1 Å². The maximum atomic E-state index is 14.4. The van der Waals surface area contributed by atoms with Gasteiger partial charge in [0.25, 0.3) is 0 Å². The summed E-state index contributed by atoms with van der Waals surface area (Å²) in [4.78, 5) is 21.9. The summed E-state index contributed by atoms with van der Waals surface area (Å²) in [5, 5.41) is 0.737. The number of hydrogen-bond donors (Lipinski definition) is 0. The molecule has 0 bridgehead atoms. The van der Waals surface area contributed by atoms with Crippen molar-refractivity contribution in [3.63, 3.8) is 0 Å². The van der Waals surface area contributed by atoms with E-state index in [2.05, 4.69) is 9.97 Å². The van der Waals surface area contributed by atoms with Gasteiger partial charge in [0.05, 0.1) is 34.6 Å². The fraction of sp³-hybridized carbons (Fsp3) is 0.160. The number of fused-ring (bicyclic) bond motifs is 3. The summed E-state index contributed by atoms with van der Waals surface area (Å²) in [7, 11) is 1.67. The van der Waals surface area contributed by atoms with Crippen LogP contribution in [0.15, 0.2) is 65.8 Å². The second-order valence-corrected chi connectivity index (χ2v) is 7.73. The standard InChI is InChI=1S/C25H20F2N4O2/c1-15-20(27)4-3-5-22(15)31-24-19-11-16(17-10-18(13-28-12-17)33-9-8-26)6-7-21(19)29-14-23(24)30(2)25(31)32/h3-7,10-14H,8-9H2,1-2H3. The smallest absolute Gasteiger partial charge is 0.333 e. The highest BCUT2D eigenvalue weighted by Crippen LogP contribution is 2.31. The zero-order chi connectivity index (χ0) is 23.1. The second kappa shape index (κ2) is 8.12. The number of benzene rings is 2. The van der Waals surface area contributed by atoms with E-state index in [1.54, 1.807) is 44.6 Å². The normalized spacial score (nSPS) is 11.4. The summed E-state index contributed by atoms with van der Waals surface area (Å²) >= 11 is 0. The van der Waals surface area contributed by atoms with Crippen LogP contribution in [0.25, 0.3) is 38.8 Å². The Bertz CT molecular complexity index is 1570. The molecule has 0 unspecified atom stereocenters. The zero-order valence-electron chi connectivity index (χ0n) is 18.0. The number of pyridine rings is 2. The largest absolute Gasteiger partial charge is 0.489 e. The van der Waals surface area contributed by atoms with Crippen molar-refractivity contribution in [2.75, 3.05) is 13.3 Å². The summed E-state index contributed by atoms with van der Waals surface area (Å²) in [6.45, 7) is 1.02. The van der Waals surface area contributed by atoms with Gasteiger partial charge < -0.3 is 4.74 Å². The molecule has 0 atom stereocenters. The lowest BCUT2D eigenvalue weighted by Crippen LogP contribution is -2.21. The second-order valence-electron chi connectivity index (χ2n) is 7.73. The number of halogens is 2. The Kier molecular flexibility index (Phi) is 5.12. The number of aryl methyl sites for hydroxylation is 1. The van der Waals surface area contributed by atoms with Crippen LogP contribution >= 0.6 is 0 Å². The Morgan fingerprint density at radius 2 is 1.91 bits per heavy atom. The van der Waals surface area contributed by atoms with E-state index in [0.717, 1.165) is 16.5 Å². The molecule has 5 aromatic rings. The predicted octanol–water partition coefficient (Wildman–Crippen LogP) is 4.74. The van der Waals surface area contributed by atoms with Gasteiger partial charge in [-0.15, -0.1) is 0 Å². The third-order valence-electron chi connectivity index (χ3n) is 5.76. The first-order valence-corrected chi connectivity index (χ1v) is 10.4. The van der Waals surface area contributed by atoms with Crippen molar-refractivity contribution in [1.82, 2.24) is 19.1 Å². The Hall–Kier alpha value is -4.07. The van der Waals surface area contributed by atoms with E-state index < -0.39 is 6.67 Å². The lowest BCUT2D eigenvalue weighted by Gasteiger charge is -2.11. The first-order chi connectivity index (χ1) is 16.0. The first kappa shape index (κ1) is 20.8. The van der Waals surface area contributed by atoms with Gasteiger partial charge >= 0.3 is 5.69 Å². The van der Waals surface area contributed by atoms with Crippen LogP contribution in [0.4, 0.5) is 8.78 Å². The highest BCUT2D eigenvalue weighted by atomic mass is 19.1. The van der Waals surface area contributed by atoms with E-state index in [4.69, 9.17) is 4.74 Å². The van der Waals surface area contributed by atoms with Crippen molar-refractivity contribution in [2.45, 2.75) is 6.92 Å². The fourth-order valence-corrected chi connectivity index (χ4v) is 4.05. The predicted molar refractivity (Wildman–Crippen MR) is 123 cm³/mol. The molecule has 0 N–H and O–H groups in total. The minimum atomic E-state index is -0.588. The maximum absolute atomic E-state index is 14.4. The van der Waals surface area contributed by atoms with Crippen molar-refractivity contribution in [3.8, 4) is 22.6 Å². The number of imidazole rings is 1. The SMILES string of the molecule is Cc1c(F)cccc1-n1c(=O)n(C)c2cnc3ccc(-c4cncc(OCCF)c4)cc3c21. The Morgan fingerprint density at radius 3 is 2.73 bits per heavy atom. The van der Waals surface area contributed by atoms with Gasteiger partial charge in [-0.05, 0) is 42.8 Å². The molecule has 0 amide bonds. The summed E-state index contributed by atoms with van der Waals surface area (Å²) < 4.78 is 35.2. The Labute approximate surface area is 187 Å². The van der Waals surface area contributed by atoms with E-state index in [9.17, 15) is 13.6 Å². The van der Waals surface area contributed by atoms with Crippen LogP contribution < -0.4 is 10.4 Å². The molecule has 33 heavy (non-hydrogen) atoms. The van der Waals surface area contributed by atoms with Crippen LogP contribution in [-0.2, 0) is 7.05 Å². The molecule has 0 aliphatic carbocycles. The van der Waals surface area contributed by atoms with Crippen molar-refractivity contribution in [1.29, 1.82) is 0 Å². The van der Waals surface area contributed by atoms with Crippen LogP contribution in [0.1, 0.15) is 5.56 Å². The highest BCUT2D eigenvalue weighted by molar-refractivity contribution is 6.04. The van der Waals surface area contributed by atoms with Crippen LogP contribution in [0, 0.1) is 12.7 Å². The number of hydrogen-bond acceptors (Lipinski definition) is 4. The van der Waals surface area contributed by atoms with Crippen molar-refractivity contribution in [2.24, 2.45) is 7.05 Å². The quantitative estimate of drug-likeness (QED) is 0.391. The molecule has 166 valence electrons. The molecular weight excluding hydrogens is 426 g/mol. The molecule has 0 radical (unpaired) electrons. The Morgan fingerprint density at radius 1 is 1.06 bits per heavy atom. The third kappa shape index (κ3) is 3.44. The molecule has 8 heteroatoms. The van der Waals surface area contributed by atoms with Gasteiger partial charge in [-0.2, -0.15) is 0 Å². The molecule has 0 saturated heterocycles. The van der Waals surface area contributed by atoms with Crippen LogP contribution in [0.3, 0.4) is 0 Å². The fourth-order valence-electron chi connectivity index (χ4n) is 4.05. The molecule has 3 aromatic heterocycles. The van der Waals surface area contributed by atoms with E-state index >= 15 is 0 Å². The van der Waals surface area contributed by atoms with E-state index in [1.165, 1.54) is 21.4 Å². The van der Waals surface area contributed by atoms with Gasteiger partial charge in [0, 0.05) is 29.8 Å². The summed E-state index contributed by atoms with van der Waals surface area (Å²) in [5.74, 6) is 0.0835. The summed E-state index contributed by atoms with van der Waals surface area (Å²) in [6, 6.07) is 12.2. The number of rotatable bonds is 5. The lowest BCUT2D eigenvalue weighted by molar-refractivity contribution is 0.272. The molecule has 0 saturated carbocycles. The molecule has 6 nitrogen and oxygen atoms in total. The highest BCUT2D eigenvalue weighted by Gasteiger charge is 2.19. The van der Waals surface area contributed by atoms with E-state index in [0.29, 0.717) is 33.6 Å². The maximum Gasteiger partial charge on any atom is 0.333 e. The topological polar surface area (TPSA) is 61.9 Å². The van der Waals surface area contributed by atoms with Crippen molar-refractivity contribution in [3.05, 3.63) is 82.9 Å². The number of nitrogens with zero attached hydrogens (tertiary/aromatic N) is 4. The van der Waals surface area contributed by atoms with E-state index in [1.807, 2.05) is 18.2 Å². The van der Waals surface area contributed by atoms with Gasteiger partial charge in [0.15, 0.2) is 0 Å². The minimum absolute atomic E-state index is 0.0450. The monoisotopic (exact) mass is 446 g/mol. The number of ether oxygens (including phenoxy) is 1. The number of alkyl halides is 1. The van der Waals surface area contributed by atoms with Crippen molar-refractivity contribution < 1.29 is 13.5 Å². The third-order valence-corrected chi connectivity index (χ3v) is 5.76. The average Bonchev–Trinajstić information content (AvgIpc) is 3.09. The molecule has 5 rings (SSSR count). The van der Waals surface area contributed by atoms with E-state index in [-0.39, 0.29) is 18.1 Å². The first-order valence-electron chi connectivity index (χ1n) is 10.4. The molecule has 0 aliphatic heterocycles. The summed E-state index contributed by atoms with van der Waals surface area (Å²) in [5.41, 5.74) is 4.14. The molecule has 0 fully saturated rings. The molecular formula is C25H20F2N4O2. The molecule has 0 aliphatic rings. The van der Waals surface area contributed by atoms with Crippen LogP contribution in [0.5, 0.6) is 5.75 Å². The zero-order valence-corrected chi connectivity index (χ0v) is 18.0. The van der Waals surface area contributed by atoms with Gasteiger partial charge in [-0.1, -0.05) is 12.1 Å². The van der Waals surface area contributed by atoms with Crippen LogP contribution in [0.2, 0.25) is 0 Å². The van der Waals surface area contributed by atoms with Gasteiger partial charge in [0.2, 0.25) is 0 Å². The molecule has 2 aromatic carbocycles. The number of aromatic nitrogens is 4. The Balaban J connectivity index is 1.79.